The van der Waals surface area contributed by atoms with E-state index in [9.17, 15) is 20.1 Å². The van der Waals surface area contributed by atoms with Crippen LogP contribution in [0.5, 0.6) is 0 Å². The molecule has 0 bridgehead atoms. The molecule has 0 amide bonds. The number of nitrogen functional groups attached to an aromatic ring is 1. The number of rotatable bonds is 6. The minimum Gasteiger partial charge on any atom is -0.471 e. The van der Waals surface area contributed by atoms with Gasteiger partial charge in [-0.15, -0.1) is 0 Å². The molecule has 1 aliphatic heterocycles. The summed E-state index contributed by atoms with van der Waals surface area (Å²) in [7, 11) is -0.102. The zero-order valence-corrected chi connectivity index (χ0v) is 14.2. The Labute approximate surface area is 149 Å². The molecule has 1 fully saturated rings. The monoisotopic (exact) mass is 366 g/mol. The Kier molecular flexibility index (Phi) is 5.37. The third kappa shape index (κ3) is 3.23. The molecule has 2 aromatic rings. The molecular formula is C14H21BN5O6+. The fraction of sp³-hybridized carbons (Fsp3) is 0.571. The number of carbonyl (C=O) groups is 1. The number of carbonyl (C=O) groups excluding carboxylic acids is 1. The van der Waals surface area contributed by atoms with Crippen molar-refractivity contribution in [2.45, 2.75) is 37.9 Å². The van der Waals surface area contributed by atoms with Crippen LogP contribution in [0, 0.1) is 0 Å². The molecule has 0 radical (unpaired) electrons. The third-order valence-electron chi connectivity index (χ3n) is 4.20. The SMILES string of the molecule is CCCOC(=O)B[n+]1cnc2c(ncn2[C@@H]2O[C@H](CO)[C@@H](O)[C@H]2O)c1N. The first-order valence-electron chi connectivity index (χ1n) is 8.26. The average Bonchev–Trinajstić information content (AvgIpc) is 3.18. The number of aliphatic hydroxyl groups is 3. The minimum atomic E-state index is -1.26. The van der Waals surface area contributed by atoms with E-state index < -0.39 is 37.0 Å². The molecule has 5 N–H and O–H groups in total. The molecule has 0 spiro atoms. The number of hydrogen-bond donors (Lipinski definition) is 4. The summed E-state index contributed by atoms with van der Waals surface area (Å²) in [5, 5.41) is 29.3. The van der Waals surface area contributed by atoms with Crippen molar-refractivity contribution < 1.29 is 34.1 Å². The molecule has 3 rings (SSSR count). The van der Waals surface area contributed by atoms with E-state index in [-0.39, 0.29) is 13.2 Å². The lowest BCUT2D eigenvalue weighted by molar-refractivity contribution is -0.513. The fourth-order valence-corrected chi connectivity index (χ4v) is 2.81. The molecule has 1 aliphatic rings. The number of hydrogen-bond acceptors (Lipinski definition) is 9. The Balaban J connectivity index is 1.87. The molecule has 0 aromatic carbocycles. The van der Waals surface area contributed by atoms with E-state index >= 15 is 0 Å². The molecule has 26 heavy (non-hydrogen) atoms. The maximum Gasteiger partial charge on any atom is 0.452 e. The van der Waals surface area contributed by atoms with Gasteiger partial charge >= 0.3 is 7.41 Å². The van der Waals surface area contributed by atoms with E-state index in [1.54, 1.807) is 0 Å². The highest BCUT2D eigenvalue weighted by molar-refractivity contribution is 6.65. The number of aliphatic hydroxyl groups excluding tert-OH is 3. The Morgan fingerprint density at radius 3 is 2.88 bits per heavy atom. The number of nitrogens with zero attached hydrogens (tertiary/aromatic N) is 4. The number of fused-ring (bicyclic) bond motifs is 1. The highest BCUT2D eigenvalue weighted by Gasteiger charge is 2.44. The van der Waals surface area contributed by atoms with E-state index in [4.69, 9.17) is 15.2 Å². The van der Waals surface area contributed by atoms with Gasteiger partial charge in [0, 0.05) is 0 Å². The van der Waals surface area contributed by atoms with Crippen molar-refractivity contribution in [3.63, 3.8) is 0 Å². The van der Waals surface area contributed by atoms with Crippen LogP contribution in [-0.4, -0.2) is 74.7 Å². The van der Waals surface area contributed by atoms with Gasteiger partial charge in [-0.3, -0.25) is 13.8 Å². The molecule has 0 aliphatic carbocycles. The summed E-state index contributed by atoms with van der Waals surface area (Å²) >= 11 is 0. The fourth-order valence-electron chi connectivity index (χ4n) is 2.81. The van der Waals surface area contributed by atoms with Crippen LogP contribution in [0.2, 0.25) is 0 Å². The van der Waals surface area contributed by atoms with Crippen LogP contribution in [0.25, 0.3) is 11.2 Å². The molecular weight excluding hydrogens is 345 g/mol. The van der Waals surface area contributed by atoms with Gasteiger partial charge in [0.05, 0.1) is 13.2 Å². The highest BCUT2D eigenvalue weighted by atomic mass is 16.6. The van der Waals surface area contributed by atoms with Gasteiger partial charge < -0.3 is 30.5 Å². The van der Waals surface area contributed by atoms with Crippen LogP contribution >= 0.6 is 0 Å². The predicted molar refractivity (Wildman–Crippen MR) is 89.3 cm³/mol. The first-order valence-corrected chi connectivity index (χ1v) is 8.26. The summed E-state index contributed by atoms with van der Waals surface area (Å²) in [6.07, 6.45) is -0.918. The third-order valence-corrected chi connectivity index (χ3v) is 4.20. The summed E-state index contributed by atoms with van der Waals surface area (Å²) in [5.41, 5.74) is 6.70. The van der Waals surface area contributed by atoms with Gasteiger partial charge in [0.2, 0.25) is 17.8 Å². The summed E-state index contributed by atoms with van der Waals surface area (Å²) in [4.78, 5) is 20.2. The van der Waals surface area contributed by atoms with Crippen molar-refractivity contribution in [3.8, 4) is 0 Å². The van der Waals surface area contributed by atoms with Gasteiger partial charge in [0.25, 0.3) is 5.87 Å². The molecule has 0 saturated carbocycles. The summed E-state index contributed by atoms with van der Waals surface area (Å²) in [6, 6.07) is 0. The standard InChI is InChI=1S/C14H20BN5O6/c1-2-3-25-14(24)15-20-6-18-12-8(11(20)16)17-5-19(12)13-10(23)9(22)7(4-21)26-13/h5-7,9-10,13,15-16,21-23H,2-4H2,1H3/p+1/t7-,9-,10-,13-/m1/s1. The van der Waals surface area contributed by atoms with Crippen LogP contribution < -0.4 is 10.2 Å². The van der Waals surface area contributed by atoms with Crippen LogP contribution in [-0.2, 0) is 9.47 Å². The van der Waals surface area contributed by atoms with Gasteiger partial charge in [-0.05, 0) is 6.42 Å². The lowest BCUT2D eigenvalue weighted by atomic mass is 9.94. The zero-order valence-electron chi connectivity index (χ0n) is 14.2. The quantitative estimate of drug-likeness (QED) is 0.411. The number of ether oxygens (including phenoxy) is 2. The van der Waals surface area contributed by atoms with Gasteiger partial charge in [-0.1, -0.05) is 11.9 Å². The second-order valence-electron chi connectivity index (χ2n) is 6.03. The number of aromatic nitrogens is 4. The number of imidazole rings is 1. The van der Waals surface area contributed by atoms with Crippen LogP contribution in [0.1, 0.15) is 19.6 Å². The molecule has 0 unspecified atom stereocenters. The zero-order chi connectivity index (χ0) is 18.8. The molecule has 2 aromatic heterocycles. The number of anilines is 1. The summed E-state index contributed by atoms with van der Waals surface area (Å²) in [6.45, 7) is 1.79. The van der Waals surface area contributed by atoms with Crippen LogP contribution in [0.15, 0.2) is 12.7 Å². The lowest BCUT2D eigenvalue weighted by Crippen LogP contribution is -2.47. The second-order valence-corrected chi connectivity index (χ2v) is 6.03. The lowest BCUT2D eigenvalue weighted by Gasteiger charge is -2.15. The largest absolute Gasteiger partial charge is 0.471 e. The molecule has 4 atom stereocenters. The topological polar surface area (TPSA) is 157 Å². The first kappa shape index (κ1) is 18.5. The normalized spacial score (nSPS) is 25.5. The smallest absolute Gasteiger partial charge is 0.452 e. The molecule has 140 valence electrons. The van der Waals surface area contributed by atoms with Crippen molar-refractivity contribution in [2.24, 2.45) is 0 Å². The minimum absolute atomic E-state index is 0.102. The van der Waals surface area contributed by atoms with E-state index in [1.807, 2.05) is 6.92 Å². The van der Waals surface area contributed by atoms with Crippen molar-refractivity contribution >= 4 is 30.3 Å². The average molecular weight is 366 g/mol. The molecule has 1 saturated heterocycles. The summed E-state index contributed by atoms with van der Waals surface area (Å²) < 4.78 is 13.3. The van der Waals surface area contributed by atoms with E-state index in [0.717, 1.165) is 6.42 Å². The van der Waals surface area contributed by atoms with Crippen molar-refractivity contribution in [2.75, 3.05) is 18.9 Å². The summed E-state index contributed by atoms with van der Waals surface area (Å²) in [5.74, 6) is -0.235. The Morgan fingerprint density at radius 1 is 1.46 bits per heavy atom. The van der Waals surface area contributed by atoms with Crippen LogP contribution in [0.4, 0.5) is 10.6 Å². The Bertz CT molecular complexity index is 801. The van der Waals surface area contributed by atoms with Gasteiger partial charge in [-0.25, -0.2) is 4.98 Å². The molecule has 12 heteroatoms. The van der Waals surface area contributed by atoms with E-state index in [2.05, 4.69) is 9.97 Å². The van der Waals surface area contributed by atoms with E-state index in [0.29, 0.717) is 17.8 Å². The van der Waals surface area contributed by atoms with Crippen molar-refractivity contribution in [3.05, 3.63) is 12.7 Å². The van der Waals surface area contributed by atoms with Crippen LogP contribution in [0.3, 0.4) is 0 Å². The van der Waals surface area contributed by atoms with Gasteiger partial charge in [0.1, 0.15) is 24.6 Å². The maximum absolute atomic E-state index is 11.8. The first-order chi connectivity index (χ1) is 12.5. The van der Waals surface area contributed by atoms with Crippen molar-refractivity contribution in [1.29, 1.82) is 0 Å². The second kappa shape index (κ2) is 7.54. The maximum atomic E-state index is 11.8. The highest BCUT2D eigenvalue weighted by Crippen LogP contribution is 2.31. The van der Waals surface area contributed by atoms with Crippen molar-refractivity contribution in [1.82, 2.24) is 14.5 Å². The van der Waals surface area contributed by atoms with E-state index in [1.165, 1.54) is 21.7 Å². The predicted octanol–water partition coefficient (Wildman–Crippen LogP) is -2.34. The number of nitrogens with two attached hydrogens (primary N) is 1. The molecule has 3 heterocycles. The van der Waals surface area contributed by atoms with Gasteiger partial charge in [-0.2, -0.15) is 0 Å². The Hall–Kier alpha value is -2.28. The Morgan fingerprint density at radius 2 is 2.23 bits per heavy atom. The molecule has 11 nitrogen and oxygen atoms in total. The van der Waals surface area contributed by atoms with Gasteiger partial charge in [0.15, 0.2) is 11.7 Å².